The number of para-hydroxylation sites is 1. The Morgan fingerprint density at radius 2 is 1.69 bits per heavy atom. The number of thioether (sulfide) groups is 1. The van der Waals surface area contributed by atoms with Crippen molar-refractivity contribution >= 4 is 40.3 Å². The molecule has 0 atom stereocenters. The van der Waals surface area contributed by atoms with Crippen molar-refractivity contribution in [1.82, 2.24) is 9.78 Å². The van der Waals surface area contributed by atoms with Crippen LogP contribution in [0, 0.1) is 6.92 Å². The highest BCUT2D eigenvalue weighted by Crippen LogP contribution is 2.35. The summed E-state index contributed by atoms with van der Waals surface area (Å²) in [4.78, 5) is 15.1. The van der Waals surface area contributed by atoms with Gasteiger partial charge in [0.2, 0.25) is 0 Å². The molecule has 174 valence electrons. The minimum absolute atomic E-state index is 0.215. The van der Waals surface area contributed by atoms with Gasteiger partial charge in [-0.2, -0.15) is 9.50 Å². The van der Waals surface area contributed by atoms with Gasteiger partial charge < -0.3 is 4.90 Å². The van der Waals surface area contributed by atoms with Crippen molar-refractivity contribution < 1.29 is 4.79 Å². The molecule has 0 saturated carbocycles. The number of benzene rings is 3. The van der Waals surface area contributed by atoms with Crippen LogP contribution in [0.3, 0.4) is 0 Å². The second-order valence-corrected chi connectivity index (χ2v) is 10.5. The first kappa shape index (κ1) is 22.2. The standard InChI is InChI=1S/C28H24N4OS2/c1-19-25-16-11-20-7-5-6-10-26(20)27(25)29-32(19)22-12-14-24(15-13-22)35-30-28-31(17-23(33)18-34-28)21-8-3-2-4-9-21/h2-10,12-15H,11,16-18H2,1H3/b30-28-. The number of fused-ring (bicyclic) bond motifs is 3. The average Bonchev–Trinajstić information content (AvgIpc) is 3.25. The smallest absolute Gasteiger partial charge is 0.177 e. The van der Waals surface area contributed by atoms with Gasteiger partial charge in [0, 0.05) is 39.4 Å². The summed E-state index contributed by atoms with van der Waals surface area (Å²) in [5, 5.41) is 5.86. The van der Waals surface area contributed by atoms with Gasteiger partial charge in [-0.05, 0) is 61.7 Å². The van der Waals surface area contributed by atoms with Crippen LogP contribution in [0.4, 0.5) is 5.69 Å². The van der Waals surface area contributed by atoms with E-state index in [1.807, 2.05) is 35.2 Å². The van der Waals surface area contributed by atoms with E-state index in [9.17, 15) is 4.79 Å². The van der Waals surface area contributed by atoms with E-state index in [1.165, 1.54) is 46.1 Å². The lowest BCUT2D eigenvalue weighted by Crippen LogP contribution is -2.39. The first-order valence-electron chi connectivity index (χ1n) is 11.7. The van der Waals surface area contributed by atoms with Gasteiger partial charge in [-0.3, -0.25) is 4.79 Å². The molecule has 0 spiro atoms. The molecule has 2 heterocycles. The fourth-order valence-corrected chi connectivity index (χ4v) is 6.24. The maximum atomic E-state index is 12.1. The van der Waals surface area contributed by atoms with E-state index in [2.05, 4.69) is 60.1 Å². The number of aromatic nitrogens is 2. The Labute approximate surface area is 213 Å². The lowest BCUT2D eigenvalue weighted by Gasteiger charge is -2.28. The Morgan fingerprint density at radius 3 is 2.51 bits per heavy atom. The molecule has 3 aromatic carbocycles. The third-order valence-corrected chi connectivity index (χ3v) is 8.36. The van der Waals surface area contributed by atoms with Crippen molar-refractivity contribution in [2.45, 2.75) is 24.7 Å². The van der Waals surface area contributed by atoms with Gasteiger partial charge in [0.25, 0.3) is 0 Å². The molecule has 0 unspecified atom stereocenters. The van der Waals surface area contributed by atoms with Crippen LogP contribution in [-0.4, -0.2) is 33.0 Å². The number of carbonyl (C=O) groups is 1. The predicted octanol–water partition coefficient (Wildman–Crippen LogP) is 6.13. The molecule has 1 fully saturated rings. The van der Waals surface area contributed by atoms with Crippen LogP contribution in [0.1, 0.15) is 16.8 Å². The Bertz CT molecular complexity index is 1430. The minimum atomic E-state index is 0.215. The highest BCUT2D eigenvalue weighted by molar-refractivity contribution is 8.15. The van der Waals surface area contributed by atoms with Crippen LogP contribution in [-0.2, 0) is 17.6 Å². The monoisotopic (exact) mass is 496 g/mol. The molecule has 6 rings (SSSR count). The normalized spacial score (nSPS) is 16.3. The number of hydrogen-bond donors (Lipinski definition) is 0. The van der Waals surface area contributed by atoms with Gasteiger partial charge in [-0.15, -0.1) is 0 Å². The molecule has 7 heteroatoms. The third kappa shape index (κ3) is 4.30. The summed E-state index contributed by atoms with van der Waals surface area (Å²) in [6.07, 6.45) is 2.09. The van der Waals surface area contributed by atoms with Crippen molar-refractivity contribution in [2.24, 2.45) is 4.40 Å². The zero-order chi connectivity index (χ0) is 23.8. The molecule has 1 saturated heterocycles. The van der Waals surface area contributed by atoms with Crippen LogP contribution in [0.15, 0.2) is 88.2 Å². The van der Waals surface area contributed by atoms with Crippen molar-refractivity contribution in [1.29, 1.82) is 0 Å². The third-order valence-electron chi connectivity index (χ3n) is 6.46. The predicted molar refractivity (Wildman–Crippen MR) is 146 cm³/mol. The second kappa shape index (κ2) is 9.40. The number of anilines is 1. The lowest BCUT2D eigenvalue weighted by atomic mass is 9.89. The number of rotatable bonds is 4. The van der Waals surface area contributed by atoms with Gasteiger partial charge in [-0.1, -0.05) is 54.2 Å². The molecular formula is C28H24N4OS2. The summed E-state index contributed by atoms with van der Waals surface area (Å²) in [7, 11) is 0. The van der Waals surface area contributed by atoms with Crippen molar-refractivity contribution in [2.75, 3.05) is 17.2 Å². The fourth-order valence-electron chi connectivity index (χ4n) is 4.67. The molecule has 35 heavy (non-hydrogen) atoms. The topological polar surface area (TPSA) is 50.5 Å². The fraction of sp³-hybridized carbons (Fsp3) is 0.179. The molecule has 0 radical (unpaired) electrons. The van der Waals surface area contributed by atoms with E-state index in [1.54, 1.807) is 0 Å². The molecule has 0 N–H and O–H groups in total. The largest absolute Gasteiger partial charge is 0.313 e. The molecule has 1 aliphatic carbocycles. The summed E-state index contributed by atoms with van der Waals surface area (Å²) in [5.41, 5.74) is 8.33. The van der Waals surface area contributed by atoms with Gasteiger partial charge in [-0.25, -0.2) is 4.68 Å². The van der Waals surface area contributed by atoms with E-state index < -0.39 is 0 Å². The minimum Gasteiger partial charge on any atom is -0.313 e. The summed E-state index contributed by atoms with van der Waals surface area (Å²) in [5.74, 6) is 0.681. The van der Waals surface area contributed by atoms with Crippen LogP contribution in [0.2, 0.25) is 0 Å². The van der Waals surface area contributed by atoms with E-state index in [0.29, 0.717) is 12.3 Å². The lowest BCUT2D eigenvalue weighted by molar-refractivity contribution is -0.115. The maximum absolute atomic E-state index is 12.1. The molecule has 2 aliphatic rings. The van der Waals surface area contributed by atoms with Gasteiger partial charge in [0.05, 0.1) is 23.7 Å². The van der Waals surface area contributed by atoms with Crippen molar-refractivity contribution in [3.05, 3.63) is 95.7 Å². The molecule has 1 aliphatic heterocycles. The average molecular weight is 497 g/mol. The number of amidine groups is 1. The number of ketones is 1. The van der Waals surface area contributed by atoms with Crippen LogP contribution < -0.4 is 4.90 Å². The summed E-state index contributed by atoms with van der Waals surface area (Å²) >= 11 is 2.93. The van der Waals surface area contributed by atoms with Gasteiger partial charge >= 0.3 is 0 Å². The Kier molecular flexibility index (Phi) is 5.96. The number of nitrogens with zero attached hydrogens (tertiary/aromatic N) is 4. The van der Waals surface area contributed by atoms with Gasteiger partial charge in [0.1, 0.15) is 0 Å². The molecule has 0 amide bonds. The zero-order valence-electron chi connectivity index (χ0n) is 19.3. The van der Waals surface area contributed by atoms with Crippen molar-refractivity contribution in [3.8, 4) is 16.9 Å². The number of aryl methyl sites for hydroxylation is 1. The molecular weight excluding hydrogens is 472 g/mol. The Morgan fingerprint density at radius 1 is 0.914 bits per heavy atom. The first-order chi connectivity index (χ1) is 17.2. The first-order valence-corrected chi connectivity index (χ1v) is 13.4. The molecule has 0 bridgehead atoms. The van der Waals surface area contributed by atoms with E-state index in [-0.39, 0.29) is 5.78 Å². The van der Waals surface area contributed by atoms with E-state index in [0.717, 1.165) is 40.0 Å². The quantitative estimate of drug-likeness (QED) is 0.318. The van der Waals surface area contributed by atoms with Crippen LogP contribution >= 0.6 is 23.7 Å². The highest BCUT2D eigenvalue weighted by atomic mass is 32.2. The summed E-state index contributed by atoms with van der Waals surface area (Å²) < 4.78 is 6.85. The highest BCUT2D eigenvalue weighted by Gasteiger charge is 2.25. The van der Waals surface area contributed by atoms with Crippen LogP contribution in [0.25, 0.3) is 16.9 Å². The van der Waals surface area contributed by atoms with Crippen molar-refractivity contribution in [3.63, 3.8) is 0 Å². The van der Waals surface area contributed by atoms with Crippen LogP contribution in [0.5, 0.6) is 0 Å². The SMILES string of the molecule is Cc1c2c(nn1-c1ccc(S/N=C3\SCC(=O)CN3c3ccccc3)cc1)-c1ccccc1CC2. The number of carbonyl (C=O) groups excluding carboxylic acids is 1. The van der Waals surface area contributed by atoms with E-state index >= 15 is 0 Å². The second-order valence-electron chi connectivity index (χ2n) is 8.69. The Balaban J connectivity index is 1.24. The molecule has 1 aromatic heterocycles. The molecule has 5 nitrogen and oxygen atoms in total. The maximum Gasteiger partial charge on any atom is 0.177 e. The molecule has 4 aromatic rings. The van der Waals surface area contributed by atoms with E-state index in [4.69, 9.17) is 9.50 Å². The zero-order valence-corrected chi connectivity index (χ0v) is 21.0. The summed E-state index contributed by atoms with van der Waals surface area (Å²) in [6, 6.07) is 26.9. The number of hydrogen-bond acceptors (Lipinski definition) is 5. The summed E-state index contributed by atoms with van der Waals surface area (Å²) in [6.45, 7) is 2.52. The Hall–Kier alpha value is -3.29. The van der Waals surface area contributed by atoms with Gasteiger partial charge in [0.15, 0.2) is 11.0 Å². The number of Topliss-reactive ketones (excluding diaryl/α,β-unsaturated/α-hetero) is 1.